The molecule has 2 N–H and O–H groups in total. The third kappa shape index (κ3) is 4.55. The highest BCUT2D eigenvalue weighted by Gasteiger charge is 2.55. The van der Waals surface area contributed by atoms with Crippen LogP contribution in [0.3, 0.4) is 0 Å². The summed E-state index contributed by atoms with van der Waals surface area (Å²) in [7, 11) is 1.57. The van der Waals surface area contributed by atoms with Crippen LogP contribution in [0.25, 0.3) is 0 Å². The zero-order chi connectivity index (χ0) is 21.7. The molecule has 1 saturated heterocycles. The van der Waals surface area contributed by atoms with Gasteiger partial charge >= 0.3 is 12.0 Å². The Morgan fingerprint density at radius 2 is 1.97 bits per heavy atom. The number of benzene rings is 1. The molecule has 1 aliphatic carbocycles. The molecule has 0 aromatic heterocycles. The molecule has 3 rings (SSSR count). The molecular formula is C21H27N3O6. The quantitative estimate of drug-likeness (QED) is 0.511. The third-order valence-corrected chi connectivity index (χ3v) is 5.80. The first-order valence-corrected chi connectivity index (χ1v) is 10.0. The first-order valence-electron chi connectivity index (χ1n) is 10.0. The van der Waals surface area contributed by atoms with Crippen molar-refractivity contribution in [1.29, 1.82) is 0 Å². The SMILES string of the molecule is COc1ccc(CNC(=O)COC(=O)CN2C(=O)N[C@]3(CCCC[C@@H]3C)C2=O)cc1. The normalized spacial score (nSPS) is 23.3. The Morgan fingerprint density at radius 1 is 1.23 bits per heavy atom. The van der Waals surface area contributed by atoms with Gasteiger partial charge in [0, 0.05) is 6.54 Å². The lowest BCUT2D eigenvalue weighted by Gasteiger charge is -2.36. The van der Waals surface area contributed by atoms with Gasteiger partial charge in [-0.15, -0.1) is 0 Å². The number of carbonyl (C=O) groups excluding carboxylic acids is 4. The zero-order valence-electron chi connectivity index (χ0n) is 17.2. The van der Waals surface area contributed by atoms with E-state index in [0.29, 0.717) is 12.2 Å². The first-order chi connectivity index (χ1) is 14.4. The van der Waals surface area contributed by atoms with Gasteiger partial charge < -0.3 is 20.1 Å². The molecule has 0 unspecified atom stereocenters. The van der Waals surface area contributed by atoms with Crippen LogP contribution in [0, 0.1) is 5.92 Å². The highest BCUT2D eigenvalue weighted by atomic mass is 16.5. The number of hydrogen-bond donors (Lipinski definition) is 2. The Bertz CT molecular complexity index is 825. The number of carbonyl (C=O) groups is 4. The van der Waals surface area contributed by atoms with Crippen molar-refractivity contribution < 1.29 is 28.7 Å². The van der Waals surface area contributed by atoms with Gasteiger partial charge in [0.15, 0.2) is 6.61 Å². The number of methoxy groups -OCH3 is 1. The van der Waals surface area contributed by atoms with Crippen LogP contribution in [-0.2, 0) is 25.7 Å². The van der Waals surface area contributed by atoms with Crippen molar-refractivity contribution in [3.05, 3.63) is 29.8 Å². The number of nitrogens with zero attached hydrogens (tertiary/aromatic N) is 1. The molecule has 0 radical (unpaired) electrons. The molecule has 30 heavy (non-hydrogen) atoms. The maximum absolute atomic E-state index is 12.8. The fraction of sp³-hybridized carbons (Fsp3) is 0.524. The Balaban J connectivity index is 1.45. The monoisotopic (exact) mass is 417 g/mol. The molecule has 162 valence electrons. The third-order valence-electron chi connectivity index (χ3n) is 5.80. The van der Waals surface area contributed by atoms with Crippen LogP contribution in [-0.4, -0.2) is 54.5 Å². The van der Waals surface area contributed by atoms with E-state index >= 15 is 0 Å². The molecular weight excluding hydrogens is 390 g/mol. The summed E-state index contributed by atoms with van der Waals surface area (Å²) in [6, 6.07) is 6.59. The van der Waals surface area contributed by atoms with Crippen molar-refractivity contribution in [2.75, 3.05) is 20.3 Å². The van der Waals surface area contributed by atoms with Gasteiger partial charge in [0.25, 0.3) is 11.8 Å². The molecule has 1 aromatic carbocycles. The van der Waals surface area contributed by atoms with E-state index in [4.69, 9.17) is 9.47 Å². The summed E-state index contributed by atoms with van der Waals surface area (Å²) >= 11 is 0. The number of ether oxygens (including phenoxy) is 2. The highest BCUT2D eigenvalue weighted by Crippen LogP contribution is 2.38. The number of hydrogen-bond acceptors (Lipinski definition) is 6. The topological polar surface area (TPSA) is 114 Å². The molecule has 2 aliphatic rings. The van der Waals surface area contributed by atoms with Crippen LogP contribution in [0.4, 0.5) is 4.79 Å². The minimum atomic E-state index is -0.925. The van der Waals surface area contributed by atoms with E-state index in [9.17, 15) is 19.2 Å². The van der Waals surface area contributed by atoms with E-state index in [1.54, 1.807) is 19.2 Å². The van der Waals surface area contributed by atoms with E-state index in [0.717, 1.165) is 29.7 Å². The molecule has 4 amide bonds. The number of nitrogens with one attached hydrogen (secondary N) is 2. The Labute approximate surface area is 175 Å². The summed E-state index contributed by atoms with van der Waals surface area (Å²) in [6.07, 6.45) is 3.28. The van der Waals surface area contributed by atoms with Crippen LogP contribution in [0.5, 0.6) is 5.75 Å². The van der Waals surface area contributed by atoms with Gasteiger partial charge in [-0.2, -0.15) is 0 Å². The number of rotatable bonds is 7. The van der Waals surface area contributed by atoms with Gasteiger partial charge in [-0.3, -0.25) is 19.3 Å². The summed E-state index contributed by atoms with van der Waals surface area (Å²) < 4.78 is 10.0. The van der Waals surface area contributed by atoms with Crippen molar-refractivity contribution in [3.63, 3.8) is 0 Å². The lowest BCUT2D eigenvalue weighted by molar-refractivity contribution is -0.151. The van der Waals surface area contributed by atoms with Crippen LogP contribution in [0.2, 0.25) is 0 Å². The van der Waals surface area contributed by atoms with Gasteiger partial charge in [-0.05, 0) is 36.5 Å². The van der Waals surface area contributed by atoms with Gasteiger partial charge in [-0.1, -0.05) is 31.9 Å². The lowest BCUT2D eigenvalue weighted by atomic mass is 9.73. The van der Waals surface area contributed by atoms with E-state index < -0.39 is 36.6 Å². The van der Waals surface area contributed by atoms with Gasteiger partial charge in [0.2, 0.25) is 0 Å². The Hall–Kier alpha value is -3.10. The van der Waals surface area contributed by atoms with E-state index in [-0.39, 0.29) is 18.4 Å². The van der Waals surface area contributed by atoms with E-state index in [1.807, 2.05) is 19.1 Å². The maximum atomic E-state index is 12.8. The predicted octanol–water partition coefficient (Wildman–Crippen LogP) is 1.36. The second-order valence-electron chi connectivity index (χ2n) is 7.73. The van der Waals surface area contributed by atoms with E-state index in [1.165, 1.54) is 0 Å². The minimum absolute atomic E-state index is 0.00690. The summed E-state index contributed by atoms with van der Waals surface area (Å²) in [5.41, 5.74) is -0.0625. The van der Waals surface area contributed by atoms with Gasteiger partial charge in [0.1, 0.15) is 17.8 Å². The van der Waals surface area contributed by atoms with Gasteiger partial charge in [-0.25, -0.2) is 4.79 Å². The second kappa shape index (κ2) is 9.15. The predicted molar refractivity (Wildman–Crippen MR) is 106 cm³/mol. The molecule has 0 bridgehead atoms. The lowest BCUT2D eigenvalue weighted by Crippen LogP contribution is -2.54. The number of esters is 1. The molecule has 9 nitrogen and oxygen atoms in total. The summed E-state index contributed by atoms with van der Waals surface area (Å²) in [6.45, 7) is 1.21. The second-order valence-corrected chi connectivity index (χ2v) is 7.73. The fourth-order valence-corrected chi connectivity index (χ4v) is 3.95. The van der Waals surface area contributed by atoms with Crippen molar-refractivity contribution in [3.8, 4) is 5.75 Å². The van der Waals surface area contributed by atoms with Gasteiger partial charge in [0.05, 0.1) is 7.11 Å². The van der Waals surface area contributed by atoms with Crippen molar-refractivity contribution in [2.45, 2.75) is 44.7 Å². The molecule has 1 heterocycles. The summed E-state index contributed by atoms with van der Waals surface area (Å²) in [5.74, 6) is -0.954. The molecule has 2 atom stereocenters. The highest BCUT2D eigenvalue weighted by molar-refractivity contribution is 6.09. The number of amides is 4. The number of urea groups is 1. The average molecular weight is 417 g/mol. The van der Waals surface area contributed by atoms with Crippen LogP contribution < -0.4 is 15.4 Å². The summed E-state index contributed by atoms with van der Waals surface area (Å²) in [4.78, 5) is 50.0. The molecule has 2 fully saturated rings. The minimum Gasteiger partial charge on any atom is -0.497 e. The zero-order valence-corrected chi connectivity index (χ0v) is 17.2. The molecule has 1 aromatic rings. The summed E-state index contributed by atoms with van der Waals surface area (Å²) in [5, 5.41) is 5.42. The average Bonchev–Trinajstić information content (AvgIpc) is 2.98. The van der Waals surface area contributed by atoms with Crippen molar-refractivity contribution in [2.24, 2.45) is 5.92 Å². The first kappa shape index (κ1) is 21.6. The van der Waals surface area contributed by atoms with Crippen molar-refractivity contribution >= 4 is 23.8 Å². The molecule has 1 aliphatic heterocycles. The van der Waals surface area contributed by atoms with Crippen LogP contribution in [0.1, 0.15) is 38.2 Å². The van der Waals surface area contributed by atoms with Crippen LogP contribution in [0.15, 0.2) is 24.3 Å². The fourth-order valence-electron chi connectivity index (χ4n) is 3.95. The molecule has 1 saturated carbocycles. The van der Waals surface area contributed by atoms with Crippen molar-refractivity contribution in [1.82, 2.24) is 15.5 Å². The van der Waals surface area contributed by atoms with E-state index in [2.05, 4.69) is 10.6 Å². The largest absolute Gasteiger partial charge is 0.497 e. The smallest absolute Gasteiger partial charge is 0.326 e. The Morgan fingerprint density at radius 3 is 2.63 bits per heavy atom. The van der Waals surface area contributed by atoms with Crippen LogP contribution >= 0.6 is 0 Å². The standard InChI is InChI=1S/C21H27N3O6/c1-14-5-3-4-10-21(14)19(27)24(20(28)23-21)12-18(26)30-13-17(25)22-11-15-6-8-16(29-2)9-7-15/h6-9,14H,3-5,10-13H2,1-2H3,(H,22,25)(H,23,28)/t14-,21-/m0/s1. The molecule has 9 heteroatoms. The molecule has 1 spiro atoms. The number of imide groups is 1. The maximum Gasteiger partial charge on any atom is 0.326 e. The Kier molecular flexibility index (Phi) is 6.59.